The molecule has 4 fully saturated rings. The molecule has 0 spiro atoms. The smallest absolute Gasteiger partial charge is 0.161 e. The summed E-state index contributed by atoms with van der Waals surface area (Å²) in [6, 6.07) is 1.98. The number of carbonyl (C=O) groups excluding carboxylic acids is 1. The van der Waals surface area contributed by atoms with E-state index in [4.69, 9.17) is 0 Å². The zero-order chi connectivity index (χ0) is 14.4. The first-order chi connectivity index (χ1) is 10.2. The van der Waals surface area contributed by atoms with Crippen LogP contribution in [0.4, 0.5) is 0 Å². The molecule has 1 heterocycles. The lowest BCUT2D eigenvalue weighted by Gasteiger charge is -2.55. The van der Waals surface area contributed by atoms with Crippen molar-refractivity contribution in [3.8, 4) is 0 Å². The quantitative estimate of drug-likeness (QED) is 0.790. The summed E-state index contributed by atoms with van der Waals surface area (Å²) >= 11 is 0. The fourth-order valence-corrected chi connectivity index (χ4v) is 5.39. The highest BCUT2D eigenvalue weighted by Crippen LogP contribution is 2.60. The number of hydrogen-bond acceptors (Lipinski definition) is 2. The molecule has 0 amide bonds. The van der Waals surface area contributed by atoms with E-state index in [0.29, 0.717) is 5.78 Å². The number of hydrogen-bond donors (Lipinski definition) is 0. The molecule has 5 rings (SSSR count). The van der Waals surface area contributed by atoms with E-state index < -0.39 is 0 Å². The minimum absolute atomic E-state index is 0.0153. The highest BCUT2D eigenvalue weighted by molar-refractivity contribution is 5.98. The molecule has 4 bridgehead atoms. The summed E-state index contributed by atoms with van der Waals surface area (Å²) in [5.74, 6) is 2.85. The van der Waals surface area contributed by atoms with E-state index in [0.717, 1.165) is 49.3 Å². The Morgan fingerprint density at radius 2 is 1.90 bits per heavy atom. The van der Waals surface area contributed by atoms with Crippen molar-refractivity contribution in [1.29, 1.82) is 0 Å². The van der Waals surface area contributed by atoms with Gasteiger partial charge in [0.2, 0.25) is 0 Å². The van der Waals surface area contributed by atoms with Crippen molar-refractivity contribution in [3.05, 3.63) is 24.0 Å². The molecule has 0 unspecified atom stereocenters. The van der Waals surface area contributed by atoms with Gasteiger partial charge in [-0.05, 0) is 81.4 Å². The van der Waals surface area contributed by atoms with Crippen molar-refractivity contribution in [2.24, 2.45) is 23.2 Å². The topological polar surface area (TPSA) is 34.9 Å². The van der Waals surface area contributed by atoms with Gasteiger partial charge in [0.25, 0.3) is 0 Å². The normalized spacial score (nSPS) is 37.5. The first kappa shape index (κ1) is 13.3. The van der Waals surface area contributed by atoms with Crippen LogP contribution in [0.5, 0.6) is 0 Å². The minimum Gasteiger partial charge on any atom is -0.294 e. The average molecular weight is 284 g/mol. The molecule has 0 aliphatic heterocycles. The van der Waals surface area contributed by atoms with Crippen LogP contribution in [0.1, 0.15) is 51.1 Å². The molecule has 0 N–H and O–H groups in total. The van der Waals surface area contributed by atoms with Crippen molar-refractivity contribution in [3.63, 3.8) is 0 Å². The molecule has 1 aromatic heterocycles. The van der Waals surface area contributed by atoms with E-state index in [-0.39, 0.29) is 5.41 Å². The predicted octanol–water partition coefficient (Wildman–Crippen LogP) is 3.70. The minimum atomic E-state index is -0.0153. The summed E-state index contributed by atoms with van der Waals surface area (Å²) in [5.41, 5.74) is 0.883. The number of rotatable bonds is 4. The van der Waals surface area contributed by atoms with E-state index in [2.05, 4.69) is 12.0 Å². The molecule has 4 saturated carbocycles. The van der Waals surface area contributed by atoms with Gasteiger partial charge in [0.1, 0.15) is 0 Å². The van der Waals surface area contributed by atoms with E-state index in [1.807, 2.05) is 29.1 Å². The van der Waals surface area contributed by atoms with Crippen LogP contribution in [0, 0.1) is 23.2 Å². The van der Waals surface area contributed by atoms with Gasteiger partial charge in [0, 0.05) is 18.2 Å². The summed E-state index contributed by atoms with van der Waals surface area (Å²) in [7, 11) is 0. The third-order valence-corrected chi connectivity index (χ3v) is 5.95. The van der Waals surface area contributed by atoms with Crippen molar-refractivity contribution in [1.82, 2.24) is 9.78 Å². The number of aryl methyl sites for hydroxylation is 1. The molecule has 3 heteroatoms. The molecule has 0 aromatic carbocycles. The highest BCUT2D eigenvalue weighted by atomic mass is 16.1. The van der Waals surface area contributed by atoms with Gasteiger partial charge < -0.3 is 0 Å². The van der Waals surface area contributed by atoms with E-state index in [9.17, 15) is 4.79 Å². The molecular weight excluding hydrogens is 260 g/mol. The first-order valence-corrected chi connectivity index (χ1v) is 8.43. The molecule has 112 valence electrons. The highest BCUT2D eigenvalue weighted by Gasteiger charge is 2.53. The molecule has 0 radical (unpaired) electrons. The van der Waals surface area contributed by atoms with Gasteiger partial charge in [-0.3, -0.25) is 9.48 Å². The second-order valence-electron chi connectivity index (χ2n) is 7.49. The number of nitrogens with zero attached hydrogens (tertiary/aromatic N) is 2. The Labute approximate surface area is 126 Å². The Morgan fingerprint density at radius 3 is 2.43 bits per heavy atom. The maximum absolute atomic E-state index is 12.8. The molecule has 21 heavy (non-hydrogen) atoms. The van der Waals surface area contributed by atoms with Crippen molar-refractivity contribution in [2.75, 3.05) is 0 Å². The standard InChI is InChI=1S/C18H24N2O/c1-2-20-6-5-16(19-20)3-4-17(21)18-10-13-7-14(11-18)9-15(8-13)12-18/h3-6,13-15H,2,7-12H2,1H3/b4-3+. The van der Waals surface area contributed by atoms with Gasteiger partial charge in [0.15, 0.2) is 5.78 Å². The maximum Gasteiger partial charge on any atom is 0.161 e. The SMILES string of the molecule is CCn1ccc(/C=C/C(=O)C23CC4CC(CC(C4)C2)C3)n1. The van der Waals surface area contributed by atoms with Crippen molar-refractivity contribution >= 4 is 11.9 Å². The van der Waals surface area contributed by atoms with Crippen LogP contribution in [-0.2, 0) is 11.3 Å². The van der Waals surface area contributed by atoms with Gasteiger partial charge in [-0.2, -0.15) is 5.10 Å². The summed E-state index contributed by atoms with van der Waals surface area (Å²) in [5, 5.41) is 4.42. The third kappa shape index (κ3) is 2.27. The second-order valence-corrected chi connectivity index (χ2v) is 7.49. The zero-order valence-corrected chi connectivity index (χ0v) is 12.8. The molecule has 0 saturated heterocycles. The summed E-state index contributed by atoms with van der Waals surface area (Å²) < 4.78 is 1.90. The summed E-state index contributed by atoms with van der Waals surface area (Å²) in [6.45, 7) is 2.94. The summed E-state index contributed by atoms with van der Waals surface area (Å²) in [6.07, 6.45) is 13.3. The Bertz CT molecular complexity index is 549. The first-order valence-electron chi connectivity index (χ1n) is 8.43. The monoisotopic (exact) mass is 284 g/mol. The lowest BCUT2D eigenvalue weighted by Crippen LogP contribution is -2.49. The van der Waals surface area contributed by atoms with Crippen LogP contribution in [0.3, 0.4) is 0 Å². The van der Waals surface area contributed by atoms with E-state index in [1.54, 1.807) is 0 Å². The lowest BCUT2D eigenvalue weighted by atomic mass is 9.48. The second kappa shape index (κ2) is 4.82. The molecule has 0 atom stereocenters. The van der Waals surface area contributed by atoms with Crippen LogP contribution < -0.4 is 0 Å². The Hall–Kier alpha value is -1.38. The Kier molecular flexibility index (Phi) is 3.05. The van der Waals surface area contributed by atoms with Crippen LogP contribution >= 0.6 is 0 Å². The van der Waals surface area contributed by atoms with Crippen LogP contribution in [0.25, 0.3) is 6.08 Å². The van der Waals surface area contributed by atoms with E-state index >= 15 is 0 Å². The Balaban J connectivity index is 1.52. The van der Waals surface area contributed by atoms with Gasteiger partial charge in [0.05, 0.1) is 5.69 Å². The molecular formula is C18H24N2O. The fourth-order valence-electron chi connectivity index (χ4n) is 5.39. The fraction of sp³-hybridized carbons (Fsp3) is 0.667. The largest absolute Gasteiger partial charge is 0.294 e. The third-order valence-electron chi connectivity index (χ3n) is 5.95. The predicted molar refractivity (Wildman–Crippen MR) is 82.5 cm³/mol. The zero-order valence-electron chi connectivity index (χ0n) is 12.8. The maximum atomic E-state index is 12.8. The molecule has 4 aliphatic rings. The number of allylic oxidation sites excluding steroid dienone is 1. The van der Waals surface area contributed by atoms with Gasteiger partial charge >= 0.3 is 0 Å². The van der Waals surface area contributed by atoms with Crippen LogP contribution in [0.2, 0.25) is 0 Å². The van der Waals surface area contributed by atoms with E-state index in [1.165, 1.54) is 19.3 Å². The summed E-state index contributed by atoms with van der Waals surface area (Å²) in [4.78, 5) is 12.8. The molecule has 4 aliphatic carbocycles. The van der Waals surface area contributed by atoms with Gasteiger partial charge in [-0.1, -0.05) is 0 Å². The van der Waals surface area contributed by atoms with Crippen LogP contribution in [-0.4, -0.2) is 15.6 Å². The van der Waals surface area contributed by atoms with Gasteiger partial charge in [-0.25, -0.2) is 0 Å². The van der Waals surface area contributed by atoms with Gasteiger partial charge in [-0.15, -0.1) is 0 Å². The van der Waals surface area contributed by atoms with Crippen molar-refractivity contribution in [2.45, 2.75) is 52.0 Å². The average Bonchev–Trinajstić information content (AvgIpc) is 2.91. The number of carbonyl (C=O) groups is 1. The molecule has 1 aromatic rings. The Morgan fingerprint density at radius 1 is 1.29 bits per heavy atom. The molecule has 3 nitrogen and oxygen atoms in total. The van der Waals surface area contributed by atoms with Crippen molar-refractivity contribution < 1.29 is 4.79 Å². The lowest BCUT2D eigenvalue weighted by molar-refractivity contribution is -0.138. The number of aromatic nitrogens is 2. The van der Waals surface area contributed by atoms with Crippen LogP contribution in [0.15, 0.2) is 18.3 Å². The number of ketones is 1.